The molecule has 0 spiro atoms. The highest BCUT2D eigenvalue weighted by Crippen LogP contribution is 2.03. The Morgan fingerprint density at radius 3 is 2.33 bits per heavy atom. The topological polar surface area (TPSA) is 105 Å². The Morgan fingerprint density at radius 2 is 1.81 bits per heavy atom. The zero-order valence-corrected chi connectivity index (χ0v) is 12.6. The summed E-state index contributed by atoms with van der Waals surface area (Å²) in [6.45, 7) is 6.32. The molecule has 0 saturated heterocycles. The smallest absolute Gasteiger partial charge is 0.253 e. The molecule has 7 nitrogen and oxygen atoms in total. The number of hydrogen-bond acceptors (Lipinski definition) is 5. The van der Waals surface area contributed by atoms with Crippen LogP contribution in [0.1, 0.15) is 20.3 Å². The third kappa shape index (κ3) is 5.65. The van der Waals surface area contributed by atoms with Crippen molar-refractivity contribution in [3.63, 3.8) is 0 Å². The summed E-state index contributed by atoms with van der Waals surface area (Å²) in [7, 11) is 0. The Hall–Kier alpha value is -1.73. The molecule has 1 aliphatic rings. The van der Waals surface area contributed by atoms with E-state index in [1.54, 1.807) is 0 Å². The Bertz CT molecular complexity index is 402. The molecule has 21 heavy (non-hydrogen) atoms. The van der Waals surface area contributed by atoms with Crippen LogP contribution in [-0.2, 0) is 14.4 Å². The van der Waals surface area contributed by atoms with E-state index >= 15 is 0 Å². The lowest BCUT2D eigenvalue weighted by Crippen LogP contribution is -2.47. The molecule has 1 aliphatic heterocycles. The van der Waals surface area contributed by atoms with Gasteiger partial charge in [0.2, 0.25) is 5.91 Å². The van der Waals surface area contributed by atoms with Gasteiger partial charge < -0.3 is 16.4 Å². The second-order valence-electron chi connectivity index (χ2n) is 5.34. The maximum atomic E-state index is 11.3. The Labute approximate surface area is 124 Å². The molecule has 0 fully saturated rings. The molecule has 1 atom stereocenters. The summed E-state index contributed by atoms with van der Waals surface area (Å²) in [5, 5.41) is 6.29. The van der Waals surface area contributed by atoms with Gasteiger partial charge in [0.25, 0.3) is 11.8 Å². The van der Waals surface area contributed by atoms with E-state index in [1.165, 1.54) is 17.1 Å². The SMILES string of the molecule is CC(C)[C@H](NCCNCCCN1C(=O)C=CC1=O)C(N)=O. The molecular formula is C14H24N4O3. The Balaban J connectivity index is 2.06. The van der Waals surface area contributed by atoms with Gasteiger partial charge in [-0.3, -0.25) is 19.3 Å². The highest BCUT2D eigenvalue weighted by molar-refractivity contribution is 6.12. The molecule has 0 bridgehead atoms. The number of hydrogen-bond donors (Lipinski definition) is 3. The van der Waals surface area contributed by atoms with Crippen LogP contribution in [0.5, 0.6) is 0 Å². The van der Waals surface area contributed by atoms with Gasteiger partial charge in [0.05, 0.1) is 6.04 Å². The van der Waals surface area contributed by atoms with Crippen LogP contribution in [0.2, 0.25) is 0 Å². The third-order valence-electron chi connectivity index (χ3n) is 3.28. The van der Waals surface area contributed by atoms with E-state index in [2.05, 4.69) is 10.6 Å². The molecule has 3 amide bonds. The van der Waals surface area contributed by atoms with E-state index < -0.39 is 0 Å². The standard InChI is InChI=1S/C14H24N4O3/c1-10(2)13(14(15)21)17-8-7-16-6-3-9-18-11(19)4-5-12(18)20/h4-5,10,13,16-17H,3,6-9H2,1-2H3,(H2,15,21)/t13-/m0/s1. The van der Waals surface area contributed by atoms with Crippen LogP contribution in [0, 0.1) is 5.92 Å². The molecule has 0 saturated carbocycles. The van der Waals surface area contributed by atoms with E-state index in [9.17, 15) is 14.4 Å². The van der Waals surface area contributed by atoms with Gasteiger partial charge in [-0.15, -0.1) is 0 Å². The zero-order chi connectivity index (χ0) is 15.8. The van der Waals surface area contributed by atoms with Crippen molar-refractivity contribution in [2.24, 2.45) is 11.7 Å². The number of amides is 3. The minimum atomic E-state index is -0.344. The molecule has 0 aromatic carbocycles. The molecule has 118 valence electrons. The summed E-state index contributed by atoms with van der Waals surface area (Å²) in [4.78, 5) is 35.0. The predicted molar refractivity (Wildman–Crippen MR) is 79.2 cm³/mol. The number of carbonyl (C=O) groups is 3. The second-order valence-corrected chi connectivity index (χ2v) is 5.34. The average molecular weight is 296 g/mol. The summed E-state index contributed by atoms with van der Waals surface area (Å²) in [6.07, 6.45) is 3.27. The molecule has 4 N–H and O–H groups in total. The molecule has 1 rings (SSSR count). The zero-order valence-electron chi connectivity index (χ0n) is 12.6. The van der Waals surface area contributed by atoms with Crippen LogP contribution in [0.15, 0.2) is 12.2 Å². The summed E-state index contributed by atoms with van der Waals surface area (Å²) in [5.74, 6) is -0.684. The number of imide groups is 1. The lowest BCUT2D eigenvalue weighted by atomic mass is 10.0. The number of nitrogens with two attached hydrogens (primary N) is 1. The van der Waals surface area contributed by atoms with Gasteiger partial charge in [-0.05, 0) is 18.9 Å². The van der Waals surface area contributed by atoms with Crippen molar-refractivity contribution in [2.45, 2.75) is 26.3 Å². The summed E-state index contributed by atoms with van der Waals surface area (Å²) in [6, 6.07) is -0.322. The lowest BCUT2D eigenvalue weighted by molar-refractivity contribution is -0.136. The first-order chi connectivity index (χ1) is 9.93. The fourth-order valence-electron chi connectivity index (χ4n) is 2.12. The molecule has 0 unspecified atom stereocenters. The fraction of sp³-hybridized carbons (Fsp3) is 0.643. The highest BCUT2D eigenvalue weighted by Gasteiger charge is 2.22. The molecule has 0 aromatic heterocycles. The van der Waals surface area contributed by atoms with E-state index in [1.807, 2.05) is 13.8 Å². The van der Waals surface area contributed by atoms with Crippen molar-refractivity contribution in [3.8, 4) is 0 Å². The molecule has 0 aromatic rings. The van der Waals surface area contributed by atoms with Gasteiger partial charge in [0.1, 0.15) is 0 Å². The van der Waals surface area contributed by atoms with E-state index in [0.717, 1.165) is 0 Å². The summed E-state index contributed by atoms with van der Waals surface area (Å²) >= 11 is 0. The Kier molecular flexibility index (Phi) is 7.04. The van der Waals surface area contributed by atoms with Crippen molar-refractivity contribution in [1.29, 1.82) is 0 Å². The quantitative estimate of drug-likeness (QED) is 0.354. The molecule has 7 heteroatoms. The van der Waals surface area contributed by atoms with Crippen LogP contribution >= 0.6 is 0 Å². The van der Waals surface area contributed by atoms with Gasteiger partial charge in [0, 0.05) is 31.8 Å². The molecule has 0 aliphatic carbocycles. The first kappa shape index (κ1) is 17.3. The monoisotopic (exact) mass is 296 g/mol. The second kappa shape index (κ2) is 8.53. The number of primary amides is 1. The number of rotatable bonds is 10. The van der Waals surface area contributed by atoms with Gasteiger partial charge in [-0.2, -0.15) is 0 Å². The van der Waals surface area contributed by atoms with Gasteiger partial charge in [0.15, 0.2) is 0 Å². The van der Waals surface area contributed by atoms with Crippen LogP contribution < -0.4 is 16.4 Å². The van der Waals surface area contributed by atoms with Crippen LogP contribution in [0.25, 0.3) is 0 Å². The maximum absolute atomic E-state index is 11.3. The Morgan fingerprint density at radius 1 is 1.19 bits per heavy atom. The van der Waals surface area contributed by atoms with E-state index in [0.29, 0.717) is 32.6 Å². The van der Waals surface area contributed by atoms with Crippen molar-refractivity contribution in [1.82, 2.24) is 15.5 Å². The van der Waals surface area contributed by atoms with Gasteiger partial charge in [-0.1, -0.05) is 13.8 Å². The van der Waals surface area contributed by atoms with Gasteiger partial charge >= 0.3 is 0 Å². The molecule has 1 heterocycles. The largest absolute Gasteiger partial charge is 0.368 e. The fourth-order valence-corrected chi connectivity index (χ4v) is 2.12. The van der Waals surface area contributed by atoms with Crippen molar-refractivity contribution in [2.75, 3.05) is 26.2 Å². The van der Waals surface area contributed by atoms with Crippen molar-refractivity contribution >= 4 is 17.7 Å². The number of nitrogens with one attached hydrogen (secondary N) is 2. The molecular weight excluding hydrogens is 272 g/mol. The van der Waals surface area contributed by atoms with Crippen LogP contribution in [0.3, 0.4) is 0 Å². The minimum absolute atomic E-state index is 0.155. The first-order valence-electron chi connectivity index (χ1n) is 7.20. The normalized spacial score (nSPS) is 16.0. The highest BCUT2D eigenvalue weighted by atomic mass is 16.2. The molecule has 0 radical (unpaired) electrons. The predicted octanol–water partition coefficient (Wildman–Crippen LogP) is -1.01. The maximum Gasteiger partial charge on any atom is 0.253 e. The number of nitrogens with zero attached hydrogens (tertiary/aromatic N) is 1. The van der Waals surface area contributed by atoms with E-state index in [4.69, 9.17) is 5.73 Å². The van der Waals surface area contributed by atoms with Crippen LogP contribution in [-0.4, -0.2) is 54.8 Å². The lowest BCUT2D eigenvalue weighted by Gasteiger charge is -2.19. The average Bonchev–Trinajstić information content (AvgIpc) is 2.72. The third-order valence-corrected chi connectivity index (χ3v) is 3.28. The van der Waals surface area contributed by atoms with Crippen molar-refractivity contribution < 1.29 is 14.4 Å². The minimum Gasteiger partial charge on any atom is -0.368 e. The van der Waals surface area contributed by atoms with E-state index in [-0.39, 0.29) is 29.7 Å². The first-order valence-corrected chi connectivity index (χ1v) is 7.20. The van der Waals surface area contributed by atoms with Gasteiger partial charge in [-0.25, -0.2) is 0 Å². The van der Waals surface area contributed by atoms with Crippen molar-refractivity contribution in [3.05, 3.63) is 12.2 Å². The number of carbonyl (C=O) groups excluding carboxylic acids is 3. The van der Waals surface area contributed by atoms with Crippen LogP contribution in [0.4, 0.5) is 0 Å². The summed E-state index contributed by atoms with van der Waals surface area (Å²) < 4.78 is 0. The summed E-state index contributed by atoms with van der Waals surface area (Å²) in [5.41, 5.74) is 5.30.